The van der Waals surface area contributed by atoms with Crippen LogP contribution in [-0.4, -0.2) is 5.91 Å². The van der Waals surface area contributed by atoms with E-state index in [4.69, 9.17) is 0 Å². The largest absolute Gasteiger partial charge is 0.360 e. The summed E-state index contributed by atoms with van der Waals surface area (Å²) in [6.07, 6.45) is -0.374. The summed E-state index contributed by atoms with van der Waals surface area (Å²) in [5.41, 5.74) is 2.97. The number of hydrogen-bond donors (Lipinski definition) is 1. The van der Waals surface area contributed by atoms with Gasteiger partial charge in [0.05, 0.1) is 5.56 Å². The Morgan fingerprint density at radius 2 is 1.60 bits per heavy atom. The third-order valence-electron chi connectivity index (χ3n) is 4.22. The van der Waals surface area contributed by atoms with Crippen molar-refractivity contribution in [2.75, 3.05) is 10.2 Å². The third kappa shape index (κ3) is 2.91. The molecule has 4 rings (SSSR count). The maximum absolute atomic E-state index is 13.3. The van der Waals surface area contributed by atoms with Crippen LogP contribution in [0.15, 0.2) is 77.3 Å². The van der Waals surface area contributed by atoms with Gasteiger partial charge in [0.2, 0.25) is 0 Å². The van der Waals surface area contributed by atoms with E-state index >= 15 is 0 Å². The van der Waals surface area contributed by atoms with E-state index in [1.165, 1.54) is 12.1 Å². The van der Waals surface area contributed by atoms with Crippen molar-refractivity contribution in [2.45, 2.75) is 6.17 Å². The molecule has 0 saturated heterocycles. The maximum atomic E-state index is 13.3. The number of hydrogen-bond acceptors (Lipinski definition) is 2. The Kier molecular flexibility index (Phi) is 4.01. The first-order valence-corrected chi connectivity index (χ1v) is 8.63. The Morgan fingerprint density at radius 3 is 2.32 bits per heavy atom. The van der Waals surface area contributed by atoms with Crippen LogP contribution >= 0.6 is 15.9 Å². The molecule has 1 unspecified atom stereocenters. The summed E-state index contributed by atoms with van der Waals surface area (Å²) in [7, 11) is 0. The average molecular weight is 397 g/mol. The number of nitrogens with one attached hydrogen (secondary N) is 1. The minimum absolute atomic E-state index is 0.117. The molecule has 1 amide bonds. The van der Waals surface area contributed by atoms with E-state index in [-0.39, 0.29) is 17.9 Å². The van der Waals surface area contributed by atoms with Gasteiger partial charge < -0.3 is 5.32 Å². The van der Waals surface area contributed by atoms with Gasteiger partial charge in [0.25, 0.3) is 5.91 Å². The van der Waals surface area contributed by atoms with Gasteiger partial charge in [-0.3, -0.25) is 9.69 Å². The average Bonchev–Trinajstić information content (AvgIpc) is 2.63. The van der Waals surface area contributed by atoms with Crippen molar-refractivity contribution in [2.24, 2.45) is 0 Å². The van der Waals surface area contributed by atoms with Crippen LogP contribution in [0, 0.1) is 5.82 Å². The van der Waals surface area contributed by atoms with Gasteiger partial charge in [-0.25, -0.2) is 4.39 Å². The molecule has 3 aromatic rings. The number of carbonyl (C=O) groups excluding carboxylic acids is 1. The molecule has 0 bridgehead atoms. The van der Waals surface area contributed by atoms with Crippen molar-refractivity contribution >= 4 is 33.2 Å². The molecule has 0 radical (unpaired) electrons. The molecule has 1 N–H and O–H groups in total. The highest BCUT2D eigenvalue weighted by Gasteiger charge is 2.33. The molecule has 3 nitrogen and oxygen atoms in total. The van der Waals surface area contributed by atoms with Crippen LogP contribution in [0.4, 0.5) is 15.8 Å². The normalized spacial score (nSPS) is 16.3. The number of para-hydroxylation sites is 1. The van der Waals surface area contributed by atoms with E-state index in [0.717, 1.165) is 15.7 Å². The molecule has 0 aromatic heterocycles. The highest BCUT2D eigenvalue weighted by atomic mass is 79.9. The fraction of sp³-hybridized carbons (Fsp3) is 0.0500. The summed E-state index contributed by atoms with van der Waals surface area (Å²) in [6, 6.07) is 21.2. The molecule has 1 heterocycles. The molecular formula is C20H14BrFN2O. The zero-order chi connectivity index (χ0) is 17.4. The lowest BCUT2D eigenvalue weighted by Gasteiger charge is -2.38. The summed E-state index contributed by atoms with van der Waals surface area (Å²) in [4.78, 5) is 14.8. The van der Waals surface area contributed by atoms with Gasteiger partial charge in [0.15, 0.2) is 0 Å². The van der Waals surface area contributed by atoms with Crippen molar-refractivity contribution in [1.82, 2.24) is 0 Å². The molecule has 0 spiro atoms. The van der Waals surface area contributed by atoms with Crippen molar-refractivity contribution in [3.8, 4) is 0 Å². The van der Waals surface area contributed by atoms with Crippen LogP contribution in [0.1, 0.15) is 22.1 Å². The Morgan fingerprint density at radius 1 is 0.920 bits per heavy atom. The van der Waals surface area contributed by atoms with Gasteiger partial charge in [-0.05, 0) is 54.1 Å². The second-order valence-corrected chi connectivity index (χ2v) is 6.71. The second-order valence-electron chi connectivity index (χ2n) is 5.80. The predicted octanol–water partition coefficient (Wildman–Crippen LogP) is 5.36. The molecule has 1 aliphatic heterocycles. The van der Waals surface area contributed by atoms with Crippen LogP contribution < -0.4 is 10.2 Å². The zero-order valence-electron chi connectivity index (χ0n) is 13.1. The lowest BCUT2D eigenvalue weighted by molar-refractivity contribution is 0.0975. The summed E-state index contributed by atoms with van der Waals surface area (Å²) in [6.45, 7) is 0. The van der Waals surface area contributed by atoms with Crippen molar-refractivity contribution in [3.05, 3.63) is 94.2 Å². The number of anilines is 2. The minimum atomic E-state index is -0.374. The number of amides is 1. The Hall–Kier alpha value is -2.66. The topological polar surface area (TPSA) is 32.3 Å². The molecule has 1 atom stereocenters. The van der Waals surface area contributed by atoms with E-state index in [0.29, 0.717) is 11.3 Å². The summed E-state index contributed by atoms with van der Waals surface area (Å²) in [5.74, 6) is -0.448. The summed E-state index contributed by atoms with van der Waals surface area (Å²) >= 11 is 3.43. The SMILES string of the molecule is O=C1c2ccccc2NC(c2ccc(Br)cc2)N1c1ccc(F)cc1. The van der Waals surface area contributed by atoms with Crippen LogP contribution in [0.5, 0.6) is 0 Å². The first-order valence-electron chi connectivity index (χ1n) is 7.83. The van der Waals surface area contributed by atoms with Crippen LogP contribution in [0.3, 0.4) is 0 Å². The number of rotatable bonds is 2. The number of fused-ring (bicyclic) bond motifs is 1. The predicted molar refractivity (Wildman–Crippen MR) is 100 cm³/mol. The molecule has 5 heteroatoms. The van der Waals surface area contributed by atoms with Crippen molar-refractivity contribution in [1.29, 1.82) is 0 Å². The molecule has 0 fully saturated rings. The molecule has 1 aliphatic rings. The first-order chi connectivity index (χ1) is 12.1. The van der Waals surface area contributed by atoms with Crippen molar-refractivity contribution in [3.63, 3.8) is 0 Å². The third-order valence-corrected chi connectivity index (χ3v) is 4.75. The van der Waals surface area contributed by atoms with Gasteiger partial charge in [-0.15, -0.1) is 0 Å². The maximum Gasteiger partial charge on any atom is 0.262 e. The summed E-state index contributed by atoms with van der Waals surface area (Å²) in [5, 5.41) is 3.42. The molecule has 124 valence electrons. The van der Waals surface area contributed by atoms with Crippen molar-refractivity contribution < 1.29 is 9.18 Å². The quantitative estimate of drug-likeness (QED) is 0.632. The molecule has 0 aliphatic carbocycles. The number of benzene rings is 3. The Labute approximate surface area is 153 Å². The first kappa shape index (κ1) is 15.8. The Bertz CT molecular complexity index is 925. The fourth-order valence-electron chi connectivity index (χ4n) is 3.00. The van der Waals surface area contributed by atoms with Crippen LogP contribution in [-0.2, 0) is 0 Å². The van der Waals surface area contributed by atoms with E-state index in [2.05, 4.69) is 21.2 Å². The lowest BCUT2D eigenvalue weighted by atomic mass is 10.0. The fourth-order valence-corrected chi connectivity index (χ4v) is 3.26. The highest BCUT2D eigenvalue weighted by molar-refractivity contribution is 9.10. The molecule has 3 aromatic carbocycles. The van der Waals surface area contributed by atoms with E-state index in [1.54, 1.807) is 23.1 Å². The van der Waals surface area contributed by atoms with Gasteiger partial charge in [-0.2, -0.15) is 0 Å². The van der Waals surface area contributed by atoms with Crippen LogP contribution in [0.2, 0.25) is 0 Å². The van der Waals surface area contributed by atoms with Crippen LogP contribution in [0.25, 0.3) is 0 Å². The molecule has 25 heavy (non-hydrogen) atoms. The van der Waals surface area contributed by atoms with Gasteiger partial charge in [-0.1, -0.05) is 40.2 Å². The van der Waals surface area contributed by atoms with E-state index in [1.807, 2.05) is 42.5 Å². The monoisotopic (exact) mass is 396 g/mol. The van der Waals surface area contributed by atoms with E-state index in [9.17, 15) is 9.18 Å². The molecular weight excluding hydrogens is 383 g/mol. The summed E-state index contributed by atoms with van der Waals surface area (Å²) < 4.78 is 14.3. The number of halogens is 2. The lowest BCUT2D eigenvalue weighted by Crippen LogP contribution is -2.43. The highest BCUT2D eigenvalue weighted by Crippen LogP contribution is 2.36. The number of nitrogens with zero attached hydrogens (tertiary/aromatic N) is 1. The standard InChI is InChI=1S/C20H14BrFN2O/c21-14-7-5-13(6-8-14)19-23-18-4-2-1-3-17(18)20(25)24(19)16-11-9-15(22)10-12-16/h1-12,19,23H. The number of carbonyl (C=O) groups is 1. The second kappa shape index (κ2) is 6.33. The zero-order valence-corrected chi connectivity index (χ0v) is 14.7. The van der Waals surface area contributed by atoms with Gasteiger partial charge in [0.1, 0.15) is 12.0 Å². The smallest absolute Gasteiger partial charge is 0.262 e. The minimum Gasteiger partial charge on any atom is -0.360 e. The molecule has 0 saturated carbocycles. The van der Waals surface area contributed by atoms with Gasteiger partial charge >= 0.3 is 0 Å². The van der Waals surface area contributed by atoms with E-state index < -0.39 is 0 Å². The van der Waals surface area contributed by atoms with Gasteiger partial charge in [0, 0.05) is 15.8 Å². The Balaban J connectivity index is 1.85.